The van der Waals surface area contributed by atoms with Crippen molar-refractivity contribution in [2.45, 2.75) is 6.92 Å². The van der Waals surface area contributed by atoms with Gasteiger partial charge in [-0.25, -0.2) is 9.37 Å². The zero-order valence-electron chi connectivity index (χ0n) is 5.97. The fraction of sp³-hybridized carbons (Fsp3) is 0.125. The number of aryl methyl sites for hydroxylation is 1. The predicted octanol–water partition coefficient (Wildman–Crippen LogP) is 2.28. The van der Waals surface area contributed by atoms with Crippen molar-refractivity contribution < 1.29 is 8.81 Å². The van der Waals surface area contributed by atoms with Crippen LogP contribution in [0.15, 0.2) is 22.9 Å². The Labute approximate surface area is 62.7 Å². The van der Waals surface area contributed by atoms with Crippen molar-refractivity contribution in [3.63, 3.8) is 0 Å². The molecule has 56 valence electrons. The second-order valence-corrected chi connectivity index (χ2v) is 2.42. The number of nitrogens with zero attached hydrogens (tertiary/aromatic N) is 1. The van der Waals surface area contributed by atoms with Gasteiger partial charge in [-0.2, -0.15) is 0 Å². The molecule has 0 saturated carbocycles. The maximum atomic E-state index is 12.7. The van der Waals surface area contributed by atoms with Gasteiger partial charge in [0.05, 0.1) is 0 Å². The Hall–Kier alpha value is -1.38. The number of rotatable bonds is 0. The van der Waals surface area contributed by atoms with Gasteiger partial charge in [-0.05, 0) is 18.6 Å². The van der Waals surface area contributed by atoms with Gasteiger partial charge in [0.2, 0.25) is 0 Å². The zero-order chi connectivity index (χ0) is 7.84. The van der Waals surface area contributed by atoms with Gasteiger partial charge in [-0.15, -0.1) is 0 Å². The average molecular weight is 151 g/mol. The van der Waals surface area contributed by atoms with Gasteiger partial charge in [-0.3, -0.25) is 0 Å². The summed E-state index contributed by atoms with van der Waals surface area (Å²) in [4.78, 5) is 3.83. The Morgan fingerprint density at radius 3 is 3.09 bits per heavy atom. The van der Waals surface area contributed by atoms with Crippen LogP contribution in [0.5, 0.6) is 0 Å². The van der Waals surface area contributed by atoms with Gasteiger partial charge in [0.25, 0.3) is 0 Å². The molecule has 0 aliphatic carbocycles. The van der Waals surface area contributed by atoms with E-state index in [1.807, 2.05) is 0 Å². The van der Waals surface area contributed by atoms with E-state index in [-0.39, 0.29) is 5.82 Å². The largest absolute Gasteiger partial charge is 0.443 e. The lowest BCUT2D eigenvalue weighted by atomic mass is 10.2. The minimum absolute atomic E-state index is 0.274. The maximum absolute atomic E-state index is 12.7. The predicted molar refractivity (Wildman–Crippen MR) is 38.7 cm³/mol. The van der Waals surface area contributed by atoms with Crippen molar-refractivity contribution in [2.24, 2.45) is 0 Å². The molecule has 0 N–H and O–H groups in total. The molecule has 2 aromatic rings. The Morgan fingerprint density at radius 1 is 1.45 bits per heavy atom. The van der Waals surface area contributed by atoms with E-state index in [0.29, 0.717) is 11.1 Å². The molecule has 1 heterocycles. The lowest BCUT2D eigenvalue weighted by Gasteiger charge is -1.92. The third-order valence-electron chi connectivity index (χ3n) is 1.58. The highest BCUT2D eigenvalue weighted by Gasteiger charge is 2.03. The van der Waals surface area contributed by atoms with Crippen molar-refractivity contribution in [2.75, 3.05) is 0 Å². The summed E-state index contributed by atoms with van der Waals surface area (Å²) in [6.07, 6.45) is 1.32. The summed E-state index contributed by atoms with van der Waals surface area (Å²) in [7, 11) is 0. The van der Waals surface area contributed by atoms with Crippen LogP contribution in [0.3, 0.4) is 0 Å². The van der Waals surface area contributed by atoms with E-state index in [9.17, 15) is 4.39 Å². The molecule has 0 spiro atoms. The van der Waals surface area contributed by atoms with Crippen LogP contribution in [-0.2, 0) is 0 Å². The van der Waals surface area contributed by atoms with Crippen molar-refractivity contribution in [1.82, 2.24) is 4.98 Å². The molecule has 0 aliphatic rings. The summed E-state index contributed by atoms with van der Waals surface area (Å²) >= 11 is 0. The summed E-state index contributed by atoms with van der Waals surface area (Å²) in [5, 5.41) is 0. The van der Waals surface area contributed by atoms with E-state index in [4.69, 9.17) is 4.42 Å². The normalized spacial score (nSPS) is 10.7. The standard InChI is InChI=1S/C8H6FNO/c1-5-2-6(9)3-7-8(5)11-4-10-7/h2-4H,1H3. The maximum Gasteiger partial charge on any atom is 0.181 e. The van der Waals surface area contributed by atoms with Crippen molar-refractivity contribution in [1.29, 1.82) is 0 Å². The molecule has 3 heteroatoms. The molecule has 0 atom stereocenters. The van der Waals surface area contributed by atoms with Crippen molar-refractivity contribution in [3.05, 3.63) is 29.9 Å². The third-order valence-corrected chi connectivity index (χ3v) is 1.58. The first-order valence-corrected chi connectivity index (χ1v) is 3.27. The molecule has 1 aromatic carbocycles. The van der Waals surface area contributed by atoms with Crippen LogP contribution in [0.25, 0.3) is 11.1 Å². The highest BCUT2D eigenvalue weighted by molar-refractivity contribution is 5.75. The third kappa shape index (κ3) is 0.888. The molecular formula is C8H6FNO. The van der Waals surface area contributed by atoms with Gasteiger partial charge in [0.1, 0.15) is 11.3 Å². The summed E-state index contributed by atoms with van der Waals surface area (Å²) in [6.45, 7) is 1.79. The van der Waals surface area contributed by atoms with Crippen LogP contribution in [0.2, 0.25) is 0 Å². The first kappa shape index (κ1) is 6.34. The smallest absolute Gasteiger partial charge is 0.181 e. The lowest BCUT2D eigenvalue weighted by Crippen LogP contribution is -1.78. The van der Waals surface area contributed by atoms with Crippen LogP contribution in [-0.4, -0.2) is 4.98 Å². The van der Waals surface area contributed by atoms with Crippen LogP contribution in [0, 0.1) is 12.7 Å². The van der Waals surface area contributed by atoms with Gasteiger partial charge in [0, 0.05) is 6.07 Å². The Balaban J connectivity index is 2.91. The summed E-state index contributed by atoms with van der Waals surface area (Å²) < 4.78 is 17.7. The van der Waals surface area contributed by atoms with Crippen LogP contribution >= 0.6 is 0 Å². The minimum Gasteiger partial charge on any atom is -0.443 e. The summed E-state index contributed by atoms with van der Waals surface area (Å²) in [6, 6.07) is 2.78. The summed E-state index contributed by atoms with van der Waals surface area (Å²) in [5.41, 5.74) is 2.01. The van der Waals surface area contributed by atoms with Gasteiger partial charge >= 0.3 is 0 Å². The number of aromatic nitrogens is 1. The number of benzene rings is 1. The van der Waals surface area contributed by atoms with Crippen molar-refractivity contribution in [3.8, 4) is 0 Å². The molecule has 1 aromatic heterocycles. The van der Waals surface area contributed by atoms with Crippen LogP contribution in [0.1, 0.15) is 5.56 Å². The highest BCUT2D eigenvalue weighted by atomic mass is 19.1. The van der Waals surface area contributed by atoms with E-state index >= 15 is 0 Å². The molecule has 11 heavy (non-hydrogen) atoms. The molecule has 0 amide bonds. The molecule has 2 rings (SSSR count). The number of hydrogen-bond acceptors (Lipinski definition) is 2. The minimum atomic E-state index is -0.274. The van der Waals surface area contributed by atoms with Crippen LogP contribution in [0.4, 0.5) is 4.39 Å². The quantitative estimate of drug-likeness (QED) is 0.577. The summed E-state index contributed by atoms with van der Waals surface area (Å²) in [5.74, 6) is -0.274. The number of halogens is 1. The van der Waals surface area contributed by atoms with E-state index < -0.39 is 0 Å². The first-order valence-electron chi connectivity index (χ1n) is 3.27. The molecule has 2 nitrogen and oxygen atoms in total. The number of oxazole rings is 1. The molecule has 0 unspecified atom stereocenters. The van der Waals surface area contributed by atoms with E-state index in [2.05, 4.69) is 4.98 Å². The van der Waals surface area contributed by atoms with Gasteiger partial charge in [-0.1, -0.05) is 0 Å². The average Bonchev–Trinajstić information content (AvgIpc) is 2.34. The Bertz CT molecular complexity index is 394. The SMILES string of the molecule is Cc1cc(F)cc2ncoc12. The van der Waals surface area contributed by atoms with Gasteiger partial charge in [0.15, 0.2) is 12.0 Å². The molecule has 0 saturated heterocycles. The van der Waals surface area contributed by atoms with Crippen LogP contribution < -0.4 is 0 Å². The Morgan fingerprint density at radius 2 is 2.27 bits per heavy atom. The molecular weight excluding hydrogens is 145 g/mol. The van der Waals surface area contributed by atoms with E-state index in [1.54, 1.807) is 6.92 Å². The number of hydrogen-bond donors (Lipinski definition) is 0. The van der Waals surface area contributed by atoms with Crippen molar-refractivity contribution >= 4 is 11.1 Å². The van der Waals surface area contributed by atoms with E-state index in [0.717, 1.165) is 5.56 Å². The topological polar surface area (TPSA) is 26.0 Å². The second kappa shape index (κ2) is 2.05. The molecule has 0 fully saturated rings. The fourth-order valence-electron chi connectivity index (χ4n) is 1.10. The lowest BCUT2D eigenvalue weighted by molar-refractivity contribution is 0.596. The molecule has 0 radical (unpaired) electrons. The van der Waals surface area contributed by atoms with Gasteiger partial charge < -0.3 is 4.42 Å². The highest BCUT2D eigenvalue weighted by Crippen LogP contribution is 2.17. The first-order chi connectivity index (χ1) is 5.27. The Kier molecular flexibility index (Phi) is 1.18. The molecule has 0 bridgehead atoms. The monoisotopic (exact) mass is 151 g/mol. The number of fused-ring (bicyclic) bond motifs is 1. The second-order valence-electron chi connectivity index (χ2n) is 2.42. The fourth-order valence-corrected chi connectivity index (χ4v) is 1.10. The van der Waals surface area contributed by atoms with E-state index in [1.165, 1.54) is 18.5 Å². The molecule has 0 aliphatic heterocycles. The zero-order valence-corrected chi connectivity index (χ0v) is 5.97.